The fourth-order valence-electron chi connectivity index (χ4n) is 1.06. The van der Waals surface area contributed by atoms with Crippen LogP contribution in [-0.4, -0.2) is 11.1 Å². The van der Waals surface area contributed by atoms with Gasteiger partial charge in [-0.1, -0.05) is 40.2 Å². The summed E-state index contributed by atoms with van der Waals surface area (Å²) in [4.78, 5) is 10.6. The van der Waals surface area contributed by atoms with Gasteiger partial charge in [-0.25, -0.2) is 4.79 Å². The van der Waals surface area contributed by atoms with E-state index in [1.54, 1.807) is 0 Å². The Morgan fingerprint density at radius 2 is 2.00 bits per heavy atom. The maximum absolute atomic E-state index is 10.6. The smallest absolute Gasteiger partial charge is 0.331 e. The molecular weight excluding hydrogens is 152 g/mol. The van der Waals surface area contributed by atoms with Crippen molar-refractivity contribution in [1.29, 1.82) is 0 Å². The molecule has 0 aliphatic rings. The summed E-state index contributed by atoms with van der Waals surface area (Å²) in [6, 6.07) is 0. The summed E-state index contributed by atoms with van der Waals surface area (Å²) in [6.45, 7) is 9.54. The van der Waals surface area contributed by atoms with Gasteiger partial charge in [0.25, 0.3) is 0 Å². The third kappa shape index (κ3) is 3.07. The predicted molar refractivity (Wildman–Crippen MR) is 50.1 cm³/mol. The highest BCUT2D eigenvalue weighted by molar-refractivity contribution is 5.87. The molecular formula is C10H18O2. The predicted octanol–water partition coefficient (Wildman–Crippen LogP) is 2.84. The van der Waals surface area contributed by atoms with Crippen LogP contribution in [0, 0.1) is 5.41 Å². The Bertz CT molecular complexity index is 180. The molecule has 1 N–H and O–H groups in total. The van der Waals surface area contributed by atoms with Crippen molar-refractivity contribution in [2.24, 2.45) is 5.41 Å². The molecule has 0 fully saturated rings. The third-order valence-electron chi connectivity index (χ3n) is 2.23. The Morgan fingerprint density at radius 3 is 2.33 bits per heavy atom. The topological polar surface area (TPSA) is 37.3 Å². The monoisotopic (exact) mass is 170 g/mol. The van der Waals surface area contributed by atoms with E-state index in [4.69, 9.17) is 5.11 Å². The van der Waals surface area contributed by atoms with Crippen molar-refractivity contribution in [1.82, 2.24) is 0 Å². The van der Waals surface area contributed by atoms with Crippen LogP contribution in [0.1, 0.15) is 40.0 Å². The summed E-state index contributed by atoms with van der Waals surface area (Å²) in [7, 11) is 0. The first-order valence-corrected chi connectivity index (χ1v) is 4.34. The summed E-state index contributed by atoms with van der Waals surface area (Å²) in [6.07, 6.45) is 3.05. The Labute approximate surface area is 74.3 Å². The third-order valence-corrected chi connectivity index (χ3v) is 2.23. The fraction of sp³-hybridized carbons (Fsp3) is 0.700. The van der Waals surface area contributed by atoms with E-state index in [9.17, 15) is 4.79 Å². The Kier molecular flexibility index (Phi) is 4.01. The number of hydrogen-bond donors (Lipinski definition) is 1. The lowest BCUT2D eigenvalue weighted by Gasteiger charge is -2.24. The van der Waals surface area contributed by atoms with Crippen LogP contribution in [-0.2, 0) is 4.79 Å². The van der Waals surface area contributed by atoms with Crippen LogP contribution in [0.5, 0.6) is 0 Å². The zero-order valence-corrected chi connectivity index (χ0v) is 8.18. The van der Waals surface area contributed by atoms with Gasteiger partial charge in [0, 0.05) is 5.57 Å². The molecule has 2 nitrogen and oxygen atoms in total. The normalized spacial score (nSPS) is 11.2. The van der Waals surface area contributed by atoms with Gasteiger partial charge < -0.3 is 5.11 Å². The van der Waals surface area contributed by atoms with Gasteiger partial charge in [0.05, 0.1) is 0 Å². The number of unbranched alkanes of at least 4 members (excludes halogenated alkanes) is 1. The average molecular weight is 170 g/mol. The first-order valence-electron chi connectivity index (χ1n) is 4.34. The van der Waals surface area contributed by atoms with E-state index in [0.717, 1.165) is 19.3 Å². The number of carboxylic acid groups (broad SMARTS) is 1. The van der Waals surface area contributed by atoms with E-state index in [-0.39, 0.29) is 5.41 Å². The van der Waals surface area contributed by atoms with E-state index >= 15 is 0 Å². The van der Waals surface area contributed by atoms with Crippen molar-refractivity contribution in [3.8, 4) is 0 Å². The van der Waals surface area contributed by atoms with Crippen molar-refractivity contribution in [3.05, 3.63) is 12.2 Å². The molecule has 0 saturated heterocycles. The summed E-state index contributed by atoms with van der Waals surface area (Å²) >= 11 is 0. The van der Waals surface area contributed by atoms with Crippen LogP contribution < -0.4 is 0 Å². The SMILES string of the molecule is C=C(C(=O)O)C(C)(C)CCCC. The van der Waals surface area contributed by atoms with Crippen LogP contribution in [0.4, 0.5) is 0 Å². The molecule has 12 heavy (non-hydrogen) atoms. The van der Waals surface area contributed by atoms with Crippen molar-refractivity contribution in [2.45, 2.75) is 40.0 Å². The lowest BCUT2D eigenvalue weighted by atomic mass is 9.80. The van der Waals surface area contributed by atoms with E-state index in [1.165, 1.54) is 0 Å². The second-order valence-corrected chi connectivity index (χ2v) is 3.77. The molecule has 0 aliphatic heterocycles. The molecule has 0 rings (SSSR count). The highest BCUT2D eigenvalue weighted by Crippen LogP contribution is 2.30. The van der Waals surface area contributed by atoms with Crippen LogP contribution in [0.2, 0.25) is 0 Å². The summed E-state index contributed by atoms with van der Waals surface area (Å²) in [5.41, 5.74) is 0.0536. The van der Waals surface area contributed by atoms with Crippen molar-refractivity contribution < 1.29 is 9.90 Å². The van der Waals surface area contributed by atoms with Crippen molar-refractivity contribution >= 4 is 5.97 Å². The van der Waals surface area contributed by atoms with Gasteiger partial charge in [-0.15, -0.1) is 0 Å². The number of aliphatic carboxylic acids is 1. The highest BCUT2D eigenvalue weighted by atomic mass is 16.4. The first-order chi connectivity index (χ1) is 5.41. The lowest BCUT2D eigenvalue weighted by molar-refractivity contribution is -0.133. The van der Waals surface area contributed by atoms with Crippen LogP contribution in [0.25, 0.3) is 0 Å². The molecule has 0 aromatic heterocycles. The second kappa shape index (κ2) is 4.29. The number of carboxylic acids is 1. The minimum absolute atomic E-state index is 0.262. The van der Waals surface area contributed by atoms with Gasteiger partial charge >= 0.3 is 5.97 Å². The summed E-state index contributed by atoms with van der Waals surface area (Å²) < 4.78 is 0. The van der Waals surface area contributed by atoms with Crippen LogP contribution in [0.15, 0.2) is 12.2 Å². The first kappa shape index (κ1) is 11.2. The Hall–Kier alpha value is -0.790. The van der Waals surface area contributed by atoms with Gasteiger partial charge in [-0.3, -0.25) is 0 Å². The van der Waals surface area contributed by atoms with Gasteiger partial charge in [0.15, 0.2) is 0 Å². The molecule has 2 heteroatoms. The van der Waals surface area contributed by atoms with E-state index < -0.39 is 5.97 Å². The van der Waals surface area contributed by atoms with Crippen LogP contribution in [0.3, 0.4) is 0 Å². The van der Waals surface area contributed by atoms with E-state index in [1.807, 2.05) is 13.8 Å². The van der Waals surface area contributed by atoms with Crippen LogP contribution >= 0.6 is 0 Å². The number of hydrogen-bond acceptors (Lipinski definition) is 1. The zero-order valence-electron chi connectivity index (χ0n) is 8.18. The second-order valence-electron chi connectivity index (χ2n) is 3.77. The zero-order chi connectivity index (χ0) is 9.78. The maximum atomic E-state index is 10.6. The average Bonchev–Trinajstić information content (AvgIpc) is 1.99. The summed E-state index contributed by atoms with van der Waals surface area (Å²) in [5.74, 6) is -0.879. The fourth-order valence-corrected chi connectivity index (χ4v) is 1.06. The van der Waals surface area contributed by atoms with Gasteiger partial charge in [-0.2, -0.15) is 0 Å². The van der Waals surface area contributed by atoms with Crippen molar-refractivity contribution in [3.63, 3.8) is 0 Å². The Balaban J connectivity index is 4.19. The number of rotatable bonds is 5. The quantitative estimate of drug-likeness (QED) is 0.644. The molecule has 0 aliphatic carbocycles. The molecule has 0 aromatic carbocycles. The van der Waals surface area contributed by atoms with Gasteiger partial charge in [0.1, 0.15) is 0 Å². The molecule has 70 valence electrons. The van der Waals surface area contributed by atoms with Gasteiger partial charge in [0.2, 0.25) is 0 Å². The molecule has 0 amide bonds. The molecule has 0 spiro atoms. The minimum Gasteiger partial charge on any atom is -0.478 e. The van der Waals surface area contributed by atoms with Gasteiger partial charge in [-0.05, 0) is 11.8 Å². The molecule has 0 heterocycles. The molecule has 0 atom stereocenters. The molecule has 0 saturated carbocycles. The molecule has 0 unspecified atom stereocenters. The molecule has 0 radical (unpaired) electrons. The largest absolute Gasteiger partial charge is 0.478 e. The number of carbonyl (C=O) groups is 1. The molecule has 0 aromatic rings. The van der Waals surface area contributed by atoms with E-state index in [0.29, 0.717) is 5.57 Å². The molecule has 0 bridgehead atoms. The lowest BCUT2D eigenvalue weighted by Crippen LogP contribution is -2.20. The highest BCUT2D eigenvalue weighted by Gasteiger charge is 2.25. The standard InChI is InChI=1S/C10H18O2/c1-5-6-7-10(3,4)8(2)9(11)12/h2,5-7H2,1,3-4H3,(H,11,12). The minimum atomic E-state index is -0.879. The summed E-state index contributed by atoms with van der Waals surface area (Å²) in [5, 5.41) is 8.72. The van der Waals surface area contributed by atoms with E-state index in [2.05, 4.69) is 13.5 Å². The van der Waals surface area contributed by atoms with Crippen molar-refractivity contribution in [2.75, 3.05) is 0 Å². The maximum Gasteiger partial charge on any atom is 0.331 e. The Morgan fingerprint density at radius 1 is 1.50 bits per heavy atom.